The van der Waals surface area contributed by atoms with Gasteiger partial charge < -0.3 is 4.52 Å². The van der Waals surface area contributed by atoms with Gasteiger partial charge in [0, 0.05) is 37.4 Å². The minimum Gasteiger partial charge on any atom is -0.334 e. The Kier molecular flexibility index (Phi) is 4.69. The van der Waals surface area contributed by atoms with E-state index in [1.165, 1.54) is 61.9 Å². The first kappa shape index (κ1) is 17.6. The maximum atomic E-state index is 5.22. The van der Waals surface area contributed by atoms with E-state index in [2.05, 4.69) is 44.3 Å². The fraction of sp³-hybridized carbons (Fsp3) is 0.435. The van der Waals surface area contributed by atoms with Gasteiger partial charge in [0.05, 0.1) is 5.56 Å². The van der Waals surface area contributed by atoms with Gasteiger partial charge in [-0.1, -0.05) is 29.8 Å². The van der Waals surface area contributed by atoms with Crippen molar-refractivity contribution in [2.75, 3.05) is 13.1 Å². The molecule has 2 aliphatic rings. The lowest BCUT2D eigenvalue weighted by Gasteiger charge is -2.36. The van der Waals surface area contributed by atoms with Gasteiger partial charge in [0.25, 0.3) is 5.89 Å². The summed E-state index contributed by atoms with van der Waals surface area (Å²) in [6.07, 6.45) is 9.23. The van der Waals surface area contributed by atoms with Crippen molar-refractivity contribution >= 4 is 0 Å². The molecule has 5 nitrogen and oxygen atoms in total. The van der Waals surface area contributed by atoms with E-state index in [0.29, 0.717) is 11.7 Å². The van der Waals surface area contributed by atoms with E-state index in [4.69, 9.17) is 4.52 Å². The summed E-state index contributed by atoms with van der Waals surface area (Å²) in [5.74, 6) is 1.16. The van der Waals surface area contributed by atoms with Crippen molar-refractivity contribution in [3.05, 3.63) is 64.7 Å². The standard InChI is InChI=1S/C23H26N4O/c1-16-25-23(28-26-16)20-7-8-21(24-15-20)14-17-5-6-18-9-11-27(22-3-2-4-22)12-10-19(18)13-17/h5-8,13,15,22H,2-4,9-12,14H2,1H3. The van der Waals surface area contributed by atoms with Crippen LogP contribution in [0.2, 0.25) is 0 Å². The number of rotatable bonds is 4. The lowest BCUT2D eigenvalue weighted by atomic mass is 9.91. The summed E-state index contributed by atoms with van der Waals surface area (Å²) in [5.41, 5.74) is 6.31. The van der Waals surface area contributed by atoms with Gasteiger partial charge in [-0.2, -0.15) is 4.98 Å². The quantitative estimate of drug-likeness (QED) is 0.691. The molecule has 0 amide bonds. The maximum Gasteiger partial charge on any atom is 0.259 e. The Labute approximate surface area is 165 Å². The summed E-state index contributed by atoms with van der Waals surface area (Å²) in [6, 6.07) is 11.9. The molecule has 1 aliphatic heterocycles. The molecule has 1 aromatic carbocycles. The molecule has 1 fully saturated rings. The molecule has 0 N–H and O–H groups in total. The average Bonchev–Trinajstić information content (AvgIpc) is 3.00. The molecule has 28 heavy (non-hydrogen) atoms. The van der Waals surface area contributed by atoms with Crippen LogP contribution >= 0.6 is 0 Å². The summed E-state index contributed by atoms with van der Waals surface area (Å²) in [4.78, 5) is 11.6. The van der Waals surface area contributed by atoms with Crippen LogP contribution in [0.4, 0.5) is 0 Å². The number of aromatic nitrogens is 3. The zero-order valence-electron chi connectivity index (χ0n) is 16.4. The Balaban J connectivity index is 1.28. The summed E-state index contributed by atoms with van der Waals surface area (Å²) >= 11 is 0. The molecular formula is C23H26N4O. The summed E-state index contributed by atoms with van der Waals surface area (Å²) < 4.78 is 5.22. The molecule has 144 valence electrons. The van der Waals surface area contributed by atoms with Crippen LogP contribution in [0, 0.1) is 6.92 Å². The topological polar surface area (TPSA) is 55.1 Å². The van der Waals surface area contributed by atoms with Crippen molar-refractivity contribution in [1.82, 2.24) is 20.0 Å². The predicted molar refractivity (Wildman–Crippen MR) is 108 cm³/mol. The van der Waals surface area contributed by atoms with Gasteiger partial charge in [-0.05, 0) is 61.4 Å². The first-order valence-electron chi connectivity index (χ1n) is 10.3. The highest BCUT2D eigenvalue weighted by molar-refractivity contribution is 5.51. The fourth-order valence-electron chi connectivity index (χ4n) is 4.30. The zero-order valence-corrected chi connectivity index (χ0v) is 16.4. The van der Waals surface area contributed by atoms with Crippen LogP contribution in [0.3, 0.4) is 0 Å². The Bertz CT molecular complexity index is 959. The third kappa shape index (κ3) is 3.59. The van der Waals surface area contributed by atoms with Crippen molar-refractivity contribution < 1.29 is 4.52 Å². The summed E-state index contributed by atoms with van der Waals surface area (Å²) in [5, 5.41) is 3.84. The van der Waals surface area contributed by atoms with Crippen LogP contribution in [-0.2, 0) is 19.3 Å². The third-order valence-electron chi connectivity index (χ3n) is 6.18. The van der Waals surface area contributed by atoms with E-state index >= 15 is 0 Å². The number of aryl methyl sites for hydroxylation is 1. The zero-order chi connectivity index (χ0) is 18.9. The van der Waals surface area contributed by atoms with Gasteiger partial charge >= 0.3 is 0 Å². The van der Waals surface area contributed by atoms with Crippen LogP contribution in [0.25, 0.3) is 11.5 Å². The highest BCUT2D eigenvalue weighted by atomic mass is 16.5. The van der Waals surface area contributed by atoms with Gasteiger partial charge in [-0.15, -0.1) is 0 Å². The van der Waals surface area contributed by atoms with E-state index < -0.39 is 0 Å². The number of benzene rings is 1. The molecule has 0 radical (unpaired) electrons. The highest BCUT2D eigenvalue weighted by Crippen LogP contribution is 2.28. The summed E-state index contributed by atoms with van der Waals surface area (Å²) in [7, 11) is 0. The third-order valence-corrected chi connectivity index (χ3v) is 6.18. The van der Waals surface area contributed by atoms with Crippen molar-refractivity contribution in [2.24, 2.45) is 0 Å². The van der Waals surface area contributed by atoms with E-state index in [1.54, 1.807) is 0 Å². The minimum absolute atomic E-state index is 0.526. The Morgan fingerprint density at radius 1 is 1.07 bits per heavy atom. The lowest BCUT2D eigenvalue weighted by molar-refractivity contribution is 0.133. The number of nitrogens with zero attached hydrogens (tertiary/aromatic N) is 4. The van der Waals surface area contributed by atoms with Gasteiger partial charge in [-0.25, -0.2) is 0 Å². The number of hydrogen-bond donors (Lipinski definition) is 0. The average molecular weight is 374 g/mol. The second-order valence-corrected chi connectivity index (χ2v) is 8.09. The molecular weight excluding hydrogens is 348 g/mol. The number of hydrogen-bond acceptors (Lipinski definition) is 5. The van der Waals surface area contributed by atoms with Gasteiger partial charge in [-0.3, -0.25) is 9.88 Å². The van der Waals surface area contributed by atoms with Crippen molar-refractivity contribution in [2.45, 2.75) is 51.5 Å². The van der Waals surface area contributed by atoms with Crippen molar-refractivity contribution in [3.63, 3.8) is 0 Å². The molecule has 3 aromatic rings. The predicted octanol–water partition coefficient (Wildman–Crippen LogP) is 3.98. The second-order valence-electron chi connectivity index (χ2n) is 8.09. The van der Waals surface area contributed by atoms with Gasteiger partial charge in [0.1, 0.15) is 0 Å². The molecule has 0 bridgehead atoms. The first-order valence-corrected chi connectivity index (χ1v) is 10.3. The Morgan fingerprint density at radius 2 is 1.93 bits per heavy atom. The fourth-order valence-corrected chi connectivity index (χ4v) is 4.30. The smallest absolute Gasteiger partial charge is 0.259 e. The number of pyridine rings is 1. The van der Waals surface area contributed by atoms with E-state index in [0.717, 1.165) is 23.7 Å². The first-order chi connectivity index (χ1) is 13.7. The molecule has 0 unspecified atom stereocenters. The molecule has 0 atom stereocenters. The van der Waals surface area contributed by atoms with Crippen LogP contribution in [0.1, 0.15) is 47.5 Å². The lowest BCUT2D eigenvalue weighted by Crippen LogP contribution is -2.41. The van der Waals surface area contributed by atoms with Crippen LogP contribution in [-0.4, -0.2) is 39.2 Å². The van der Waals surface area contributed by atoms with Crippen LogP contribution < -0.4 is 0 Å². The molecule has 0 spiro atoms. The molecule has 2 aromatic heterocycles. The van der Waals surface area contributed by atoms with Crippen LogP contribution in [0.15, 0.2) is 41.1 Å². The number of fused-ring (bicyclic) bond motifs is 1. The second kappa shape index (κ2) is 7.47. The Hall–Kier alpha value is -2.53. The van der Waals surface area contributed by atoms with Crippen molar-refractivity contribution in [3.8, 4) is 11.5 Å². The van der Waals surface area contributed by atoms with Crippen LogP contribution in [0.5, 0.6) is 0 Å². The van der Waals surface area contributed by atoms with E-state index in [9.17, 15) is 0 Å². The Morgan fingerprint density at radius 3 is 2.61 bits per heavy atom. The van der Waals surface area contributed by atoms with Gasteiger partial charge in [0.15, 0.2) is 5.82 Å². The monoisotopic (exact) mass is 374 g/mol. The van der Waals surface area contributed by atoms with E-state index in [-0.39, 0.29) is 0 Å². The largest absolute Gasteiger partial charge is 0.334 e. The molecule has 3 heterocycles. The van der Waals surface area contributed by atoms with Gasteiger partial charge in [0.2, 0.25) is 0 Å². The molecule has 5 rings (SSSR count). The van der Waals surface area contributed by atoms with Crippen molar-refractivity contribution in [1.29, 1.82) is 0 Å². The highest BCUT2D eigenvalue weighted by Gasteiger charge is 2.26. The molecule has 0 saturated heterocycles. The van der Waals surface area contributed by atoms with E-state index in [1.807, 2.05) is 19.2 Å². The molecule has 1 aliphatic carbocycles. The molecule has 5 heteroatoms. The SMILES string of the molecule is Cc1noc(-c2ccc(Cc3ccc4c(c3)CCN(C3CCC3)CC4)nc2)n1. The maximum absolute atomic E-state index is 5.22. The minimum atomic E-state index is 0.526. The summed E-state index contributed by atoms with van der Waals surface area (Å²) in [6.45, 7) is 4.24. The normalized spacial score (nSPS) is 17.8. The molecule has 1 saturated carbocycles.